The summed E-state index contributed by atoms with van der Waals surface area (Å²) in [4.78, 5) is 45.4. The van der Waals surface area contributed by atoms with Crippen LogP contribution in [0.25, 0.3) is 0 Å². The van der Waals surface area contributed by atoms with Crippen LogP contribution in [0.1, 0.15) is 45.6 Å². The molecule has 0 aromatic heterocycles. The van der Waals surface area contributed by atoms with Crippen molar-refractivity contribution in [1.82, 2.24) is 9.80 Å². The van der Waals surface area contributed by atoms with Crippen molar-refractivity contribution in [3.8, 4) is 0 Å². The van der Waals surface area contributed by atoms with Crippen molar-refractivity contribution in [2.45, 2.75) is 80.6 Å². The minimum absolute atomic E-state index is 0.214. The molecule has 0 aliphatic carbocycles. The minimum atomic E-state index is -1.23. The SMILES string of the molecule is C=CCCCOC(=O)[C@H]1[C@H]2C(=O)N([C@@H](CO)Cc3ccccc3)C(C(=O)N(CC=C)C(C)(C)C)C23CC(Br)[C@@H]1O3. The predicted molar refractivity (Wildman–Crippen MR) is 156 cm³/mol. The Morgan fingerprint density at radius 2 is 1.98 bits per heavy atom. The fraction of sp³-hybridized carbons (Fsp3) is 0.581. The molecule has 3 unspecified atom stereocenters. The van der Waals surface area contributed by atoms with Crippen LogP contribution in [0, 0.1) is 11.8 Å². The maximum atomic E-state index is 14.5. The number of fused-ring (bicyclic) bond motifs is 1. The van der Waals surface area contributed by atoms with E-state index in [0.717, 1.165) is 5.56 Å². The van der Waals surface area contributed by atoms with Crippen LogP contribution in [0.4, 0.5) is 0 Å². The van der Waals surface area contributed by atoms with Gasteiger partial charge in [-0.1, -0.05) is 58.4 Å². The second-order valence-corrected chi connectivity index (χ2v) is 13.1. The summed E-state index contributed by atoms with van der Waals surface area (Å²) in [7, 11) is 0. The summed E-state index contributed by atoms with van der Waals surface area (Å²) < 4.78 is 12.2. The first-order valence-electron chi connectivity index (χ1n) is 14.0. The van der Waals surface area contributed by atoms with E-state index < -0.39 is 47.1 Å². The third-order valence-electron chi connectivity index (χ3n) is 8.34. The van der Waals surface area contributed by atoms with Crippen molar-refractivity contribution >= 4 is 33.7 Å². The van der Waals surface area contributed by atoms with Crippen molar-refractivity contribution in [2.24, 2.45) is 11.8 Å². The number of alkyl halides is 1. The summed E-state index contributed by atoms with van der Waals surface area (Å²) in [5.74, 6) is -2.87. The highest BCUT2D eigenvalue weighted by Gasteiger charge is 2.77. The Bertz CT molecular complexity index is 1120. The monoisotopic (exact) mass is 616 g/mol. The number of aliphatic hydroxyl groups excluding tert-OH is 1. The maximum Gasteiger partial charge on any atom is 0.312 e. The molecule has 3 aliphatic heterocycles. The van der Waals surface area contributed by atoms with E-state index in [1.165, 1.54) is 4.90 Å². The first kappa shape index (κ1) is 30.5. The number of esters is 1. The largest absolute Gasteiger partial charge is 0.465 e. The molecule has 218 valence electrons. The quantitative estimate of drug-likeness (QED) is 0.167. The Kier molecular flexibility index (Phi) is 9.27. The number of hydrogen-bond donors (Lipinski definition) is 1. The Morgan fingerprint density at radius 1 is 1.27 bits per heavy atom. The van der Waals surface area contributed by atoms with Crippen LogP contribution in [0.5, 0.6) is 0 Å². The van der Waals surface area contributed by atoms with Gasteiger partial charge in [0.25, 0.3) is 0 Å². The van der Waals surface area contributed by atoms with Gasteiger partial charge in [0, 0.05) is 16.9 Å². The first-order valence-corrected chi connectivity index (χ1v) is 14.9. The van der Waals surface area contributed by atoms with E-state index in [9.17, 15) is 19.5 Å². The average molecular weight is 618 g/mol. The lowest BCUT2D eigenvalue weighted by Crippen LogP contribution is -2.62. The molecule has 1 aromatic carbocycles. The van der Waals surface area contributed by atoms with E-state index >= 15 is 0 Å². The summed E-state index contributed by atoms with van der Waals surface area (Å²) in [6.45, 7) is 13.5. The molecule has 1 N–H and O–H groups in total. The number of aliphatic hydroxyl groups is 1. The van der Waals surface area contributed by atoms with Crippen LogP contribution in [-0.2, 0) is 30.3 Å². The van der Waals surface area contributed by atoms with E-state index in [2.05, 4.69) is 29.1 Å². The smallest absolute Gasteiger partial charge is 0.312 e. The lowest BCUT2D eigenvalue weighted by molar-refractivity contribution is -0.157. The number of carbonyl (C=O) groups excluding carboxylic acids is 3. The first-order chi connectivity index (χ1) is 19.0. The van der Waals surface area contributed by atoms with Gasteiger partial charge in [-0.25, -0.2) is 0 Å². The lowest BCUT2D eigenvalue weighted by Gasteiger charge is -2.43. The predicted octanol–water partition coefficient (Wildman–Crippen LogP) is 3.66. The molecule has 1 aromatic rings. The molecule has 8 nitrogen and oxygen atoms in total. The zero-order valence-electron chi connectivity index (χ0n) is 23.6. The number of hydrogen-bond acceptors (Lipinski definition) is 6. The lowest BCUT2D eigenvalue weighted by atomic mass is 9.70. The highest BCUT2D eigenvalue weighted by atomic mass is 79.9. The zero-order valence-corrected chi connectivity index (χ0v) is 25.2. The van der Waals surface area contributed by atoms with E-state index in [0.29, 0.717) is 25.7 Å². The van der Waals surface area contributed by atoms with Crippen molar-refractivity contribution in [3.05, 3.63) is 61.2 Å². The highest BCUT2D eigenvalue weighted by Crippen LogP contribution is 2.61. The van der Waals surface area contributed by atoms with Gasteiger partial charge in [-0.05, 0) is 52.0 Å². The molecular weight excluding hydrogens is 576 g/mol. The van der Waals surface area contributed by atoms with E-state index in [-0.39, 0.29) is 36.4 Å². The van der Waals surface area contributed by atoms with Gasteiger partial charge in [-0.2, -0.15) is 0 Å². The van der Waals surface area contributed by atoms with Crippen molar-refractivity contribution in [1.29, 1.82) is 0 Å². The van der Waals surface area contributed by atoms with Gasteiger partial charge in [-0.15, -0.1) is 13.2 Å². The van der Waals surface area contributed by atoms with Crippen molar-refractivity contribution in [3.63, 3.8) is 0 Å². The summed E-state index contributed by atoms with van der Waals surface area (Å²) in [6.07, 6.45) is 4.91. The summed E-state index contributed by atoms with van der Waals surface area (Å²) in [5, 5.41) is 10.6. The fourth-order valence-corrected chi connectivity index (χ4v) is 7.56. The Labute approximate surface area is 245 Å². The van der Waals surface area contributed by atoms with Crippen LogP contribution in [0.3, 0.4) is 0 Å². The number of likely N-dealkylation sites (tertiary alicyclic amines) is 1. The molecule has 40 heavy (non-hydrogen) atoms. The van der Waals surface area contributed by atoms with E-state index in [4.69, 9.17) is 9.47 Å². The molecule has 7 atom stereocenters. The van der Waals surface area contributed by atoms with Crippen molar-refractivity contribution in [2.75, 3.05) is 19.8 Å². The number of allylic oxidation sites excluding steroid dienone is 1. The summed E-state index contributed by atoms with van der Waals surface area (Å²) >= 11 is 3.69. The van der Waals surface area contributed by atoms with Gasteiger partial charge in [0.15, 0.2) is 0 Å². The standard InChI is InChI=1S/C31H41BrN2O6/c1-6-8-12-16-39-29(38)23-24-27(36)34(21(19-35)17-20-13-10-9-11-14-20)26(31(24)18-22(32)25(23)40-31)28(37)33(15-7-2)30(3,4)5/h6-7,9-11,13-14,21-26,35H,1-2,8,12,15-19H2,3-5H3/t21-,22?,23+,24+,25+,26?,31?/m1/s1. The number of nitrogens with zero attached hydrogens (tertiary/aromatic N) is 2. The molecule has 9 heteroatoms. The third kappa shape index (κ3) is 5.40. The minimum Gasteiger partial charge on any atom is -0.465 e. The molecular formula is C31H41BrN2O6. The van der Waals surface area contributed by atoms with Crippen molar-refractivity contribution < 1.29 is 29.0 Å². The van der Waals surface area contributed by atoms with Gasteiger partial charge in [0.2, 0.25) is 11.8 Å². The van der Waals surface area contributed by atoms with Crippen LogP contribution in [0.15, 0.2) is 55.6 Å². The van der Waals surface area contributed by atoms with Crippen LogP contribution in [-0.4, -0.2) is 86.6 Å². The maximum absolute atomic E-state index is 14.5. The number of unbranched alkanes of at least 4 members (excludes halogenated alkanes) is 1. The van der Waals surface area contributed by atoms with E-state index in [1.54, 1.807) is 17.1 Å². The highest BCUT2D eigenvalue weighted by molar-refractivity contribution is 9.09. The Hall–Kier alpha value is -2.49. The second kappa shape index (κ2) is 12.2. The average Bonchev–Trinajstić information content (AvgIpc) is 3.51. The van der Waals surface area contributed by atoms with E-state index in [1.807, 2.05) is 51.1 Å². The number of amides is 2. The number of halogens is 1. The summed E-state index contributed by atoms with van der Waals surface area (Å²) in [6, 6.07) is 7.85. The molecule has 3 saturated heterocycles. The van der Waals surface area contributed by atoms with Gasteiger partial charge < -0.3 is 24.4 Å². The fourth-order valence-electron chi connectivity index (χ4n) is 6.61. The Morgan fingerprint density at radius 3 is 2.58 bits per heavy atom. The molecule has 0 saturated carbocycles. The molecule has 2 amide bonds. The molecule has 3 aliphatic rings. The van der Waals surface area contributed by atoms with Crippen LogP contribution in [0.2, 0.25) is 0 Å². The van der Waals surface area contributed by atoms with Crippen LogP contribution < -0.4 is 0 Å². The topological polar surface area (TPSA) is 96.4 Å². The zero-order chi connectivity index (χ0) is 29.2. The van der Waals surface area contributed by atoms with Gasteiger partial charge in [0.05, 0.1) is 37.2 Å². The molecule has 3 heterocycles. The second-order valence-electron chi connectivity index (χ2n) is 11.9. The Balaban J connectivity index is 1.78. The summed E-state index contributed by atoms with van der Waals surface area (Å²) in [5.41, 5.74) is -0.876. The van der Waals surface area contributed by atoms with Gasteiger partial charge in [-0.3, -0.25) is 14.4 Å². The van der Waals surface area contributed by atoms with Gasteiger partial charge in [0.1, 0.15) is 11.6 Å². The molecule has 4 rings (SSSR count). The molecule has 1 spiro atoms. The number of carbonyl (C=O) groups is 3. The normalized spacial score (nSPS) is 29.7. The molecule has 0 radical (unpaired) electrons. The molecule has 2 bridgehead atoms. The number of rotatable bonds is 12. The van der Waals surface area contributed by atoms with Crippen LogP contribution >= 0.6 is 15.9 Å². The van der Waals surface area contributed by atoms with Gasteiger partial charge >= 0.3 is 5.97 Å². The number of ether oxygens (including phenoxy) is 2. The molecule has 3 fully saturated rings. The third-order valence-corrected chi connectivity index (χ3v) is 9.18. The number of benzene rings is 1.